The van der Waals surface area contributed by atoms with Gasteiger partial charge in [-0.05, 0) is 50.4 Å². The largest absolute Gasteiger partial charge is 0.545 e. The van der Waals surface area contributed by atoms with E-state index in [1.54, 1.807) is 0 Å². The Kier molecular flexibility index (Phi) is 6.72. The van der Waals surface area contributed by atoms with Gasteiger partial charge in [-0.2, -0.15) is 5.06 Å². The Morgan fingerprint density at radius 1 is 0.955 bits per heavy atom. The van der Waals surface area contributed by atoms with Gasteiger partial charge < -0.3 is 4.43 Å². The van der Waals surface area contributed by atoms with Crippen molar-refractivity contribution in [1.29, 1.82) is 0 Å². The van der Waals surface area contributed by atoms with Gasteiger partial charge >= 0.3 is 0 Å². The molecule has 0 saturated carbocycles. The highest BCUT2D eigenvalue weighted by Gasteiger charge is 2.48. The summed E-state index contributed by atoms with van der Waals surface area (Å²) in [6.45, 7) is 22.6. The molecule has 22 heavy (non-hydrogen) atoms. The van der Waals surface area contributed by atoms with E-state index in [9.17, 15) is 0 Å². The van der Waals surface area contributed by atoms with Crippen LogP contribution in [0, 0.1) is 0 Å². The van der Waals surface area contributed by atoms with Crippen LogP contribution in [0.15, 0.2) is 11.8 Å². The molecule has 1 rings (SSSR count). The molecule has 0 spiro atoms. The minimum absolute atomic E-state index is 0.0757. The summed E-state index contributed by atoms with van der Waals surface area (Å²) < 4.78 is 6.90. The second-order valence-corrected chi connectivity index (χ2v) is 13.3. The molecular weight excluding hydrogens is 290 g/mol. The second kappa shape index (κ2) is 7.50. The van der Waals surface area contributed by atoms with Crippen molar-refractivity contribution in [3.8, 4) is 0 Å². The first kappa shape index (κ1) is 19.7. The minimum Gasteiger partial charge on any atom is -0.545 e. The molecule has 0 aliphatic carbocycles. The van der Waals surface area contributed by atoms with Crippen LogP contribution in [-0.4, -0.2) is 31.6 Å². The SMILES string of the molecule is CC(C)N1O[C@@H](C)C=C(O[Si](C(C)C)(C(C)C)C(C)C)[C@H]1C. The fourth-order valence-corrected chi connectivity index (χ4v) is 9.41. The highest BCUT2D eigenvalue weighted by atomic mass is 28.4. The first-order valence-electron chi connectivity index (χ1n) is 8.89. The van der Waals surface area contributed by atoms with Crippen LogP contribution in [0.4, 0.5) is 0 Å². The maximum absolute atomic E-state index is 6.90. The third-order valence-electron chi connectivity index (χ3n) is 4.99. The van der Waals surface area contributed by atoms with Gasteiger partial charge in [0, 0.05) is 6.04 Å². The van der Waals surface area contributed by atoms with Crippen molar-refractivity contribution in [1.82, 2.24) is 5.06 Å². The fraction of sp³-hybridized carbons (Fsp3) is 0.889. The molecule has 0 unspecified atom stereocenters. The summed E-state index contributed by atoms with van der Waals surface area (Å²) in [6.07, 6.45) is 2.25. The average Bonchev–Trinajstić information content (AvgIpc) is 2.37. The zero-order valence-electron chi connectivity index (χ0n) is 16.3. The highest BCUT2D eigenvalue weighted by Crippen LogP contribution is 2.44. The zero-order chi connectivity index (χ0) is 17.2. The average molecular weight is 328 g/mol. The lowest BCUT2D eigenvalue weighted by atomic mass is 10.1. The lowest BCUT2D eigenvalue weighted by Crippen LogP contribution is -2.52. The van der Waals surface area contributed by atoms with Crippen molar-refractivity contribution in [3.63, 3.8) is 0 Å². The van der Waals surface area contributed by atoms with Gasteiger partial charge in [-0.1, -0.05) is 41.5 Å². The molecule has 0 saturated heterocycles. The van der Waals surface area contributed by atoms with E-state index >= 15 is 0 Å². The predicted octanol–water partition coefficient (Wildman–Crippen LogP) is 5.50. The summed E-state index contributed by atoms with van der Waals surface area (Å²) in [5.74, 6) is 1.12. The monoisotopic (exact) mass is 327 g/mol. The molecule has 0 aromatic heterocycles. The topological polar surface area (TPSA) is 21.7 Å². The zero-order valence-corrected chi connectivity index (χ0v) is 17.3. The number of hydroxylamine groups is 2. The summed E-state index contributed by atoms with van der Waals surface area (Å²) in [6, 6.07) is 0.525. The van der Waals surface area contributed by atoms with Crippen molar-refractivity contribution in [2.24, 2.45) is 0 Å². The molecule has 130 valence electrons. The predicted molar refractivity (Wildman–Crippen MR) is 97.2 cm³/mol. The van der Waals surface area contributed by atoms with Gasteiger partial charge in [-0.15, -0.1) is 0 Å². The van der Waals surface area contributed by atoms with Crippen molar-refractivity contribution in [2.75, 3.05) is 0 Å². The van der Waals surface area contributed by atoms with Crippen LogP contribution in [0.3, 0.4) is 0 Å². The third kappa shape index (κ3) is 3.77. The molecule has 0 aromatic rings. The Labute approximate surface area is 139 Å². The molecular formula is C18H37NO2Si. The Balaban J connectivity index is 3.17. The van der Waals surface area contributed by atoms with E-state index in [-0.39, 0.29) is 12.1 Å². The summed E-state index contributed by atoms with van der Waals surface area (Å²) in [5.41, 5.74) is 1.77. The highest BCUT2D eigenvalue weighted by molar-refractivity contribution is 6.77. The minimum atomic E-state index is -1.90. The van der Waals surface area contributed by atoms with E-state index in [0.717, 1.165) is 5.76 Å². The van der Waals surface area contributed by atoms with Crippen molar-refractivity contribution >= 4 is 8.32 Å². The molecule has 0 N–H and O–H groups in total. The van der Waals surface area contributed by atoms with Crippen molar-refractivity contribution in [3.05, 3.63) is 11.8 Å². The first-order valence-corrected chi connectivity index (χ1v) is 11.0. The van der Waals surface area contributed by atoms with E-state index in [2.05, 4.69) is 80.4 Å². The van der Waals surface area contributed by atoms with Crippen LogP contribution < -0.4 is 0 Å². The van der Waals surface area contributed by atoms with E-state index in [1.165, 1.54) is 0 Å². The summed E-state index contributed by atoms with van der Waals surface area (Å²) in [4.78, 5) is 5.98. The molecule has 0 amide bonds. The number of hydrogen-bond acceptors (Lipinski definition) is 3. The fourth-order valence-electron chi connectivity index (χ4n) is 4.06. The molecule has 0 radical (unpaired) electrons. The lowest BCUT2D eigenvalue weighted by molar-refractivity contribution is -0.227. The van der Waals surface area contributed by atoms with Gasteiger partial charge in [0.05, 0.1) is 17.9 Å². The van der Waals surface area contributed by atoms with Gasteiger partial charge in [0.2, 0.25) is 0 Å². The molecule has 1 aliphatic heterocycles. The van der Waals surface area contributed by atoms with E-state index < -0.39 is 8.32 Å². The Hall–Kier alpha value is -0.323. The number of rotatable bonds is 6. The maximum Gasteiger partial charge on any atom is 0.258 e. The Morgan fingerprint density at radius 3 is 1.77 bits per heavy atom. The van der Waals surface area contributed by atoms with Gasteiger partial charge in [0.15, 0.2) is 0 Å². The van der Waals surface area contributed by atoms with E-state index in [1.807, 2.05) is 0 Å². The molecule has 2 atom stereocenters. The van der Waals surface area contributed by atoms with Crippen molar-refractivity contribution in [2.45, 2.75) is 104 Å². The van der Waals surface area contributed by atoms with Crippen LogP contribution in [0.5, 0.6) is 0 Å². The number of nitrogens with zero attached hydrogens (tertiary/aromatic N) is 1. The second-order valence-electron chi connectivity index (χ2n) is 7.93. The van der Waals surface area contributed by atoms with Crippen LogP contribution in [-0.2, 0) is 9.26 Å². The molecule has 3 nitrogen and oxygen atoms in total. The standard InChI is InChI=1S/C18H37NO2Si/c1-12(2)19-17(10)18(11-16(9)20-19)21-22(13(3)4,14(5)6)15(7)8/h11-17H,1-10H3/t16-,17+/m0/s1. The van der Waals surface area contributed by atoms with Crippen LogP contribution in [0.2, 0.25) is 16.6 Å². The number of hydrogen-bond donors (Lipinski definition) is 0. The van der Waals surface area contributed by atoms with Crippen LogP contribution in [0.1, 0.15) is 69.2 Å². The molecule has 1 heterocycles. The van der Waals surface area contributed by atoms with Gasteiger partial charge in [-0.25, -0.2) is 0 Å². The Morgan fingerprint density at radius 2 is 1.41 bits per heavy atom. The first-order chi connectivity index (χ1) is 10.0. The molecule has 0 bridgehead atoms. The summed E-state index contributed by atoms with van der Waals surface area (Å²) in [7, 11) is -1.90. The van der Waals surface area contributed by atoms with Gasteiger partial charge in [0.1, 0.15) is 0 Å². The molecule has 4 heteroatoms. The molecule has 0 fully saturated rings. The smallest absolute Gasteiger partial charge is 0.258 e. The summed E-state index contributed by atoms with van der Waals surface area (Å²) in [5, 5.41) is 2.08. The Bertz CT molecular complexity index is 369. The molecule has 1 aliphatic rings. The molecule has 0 aromatic carbocycles. The van der Waals surface area contributed by atoms with Gasteiger partial charge in [0.25, 0.3) is 8.32 Å². The summed E-state index contributed by atoms with van der Waals surface area (Å²) >= 11 is 0. The van der Waals surface area contributed by atoms with Crippen molar-refractivity contribution < 1.29 is 9.26 Å². The maximum atomic E-state index is 6.90. The van der Waals surface area contributed by atoms with Crippen LogP contribution >= 0.6 is 0 Å². The van der Waals surface area contributed by atoms with E-state index in [4.69, 9.17) is 9.26 Å². The lowest BCUT2D eigenvalue weighted by Gasteiger charge is -2.47. The third-order valence-corrected chi connectivity index (χ3v) is 11.0. The normalized spacial score (nSPS) is 24.5. The van der Waals surface area contributed by atoms with Gasteiger partial charge in [-0.3, -0.25) is 4.84 Å². The van der Waals surface area contributed by atoms with Crippen LogP contribution in [0.25, 0.3) is 0 Å². The van der Waals surface area contributed by atoms with E-state index in [0.29, 0.717) is 22.7 Å². The quantitative estimate of drug-likeness (QED) is 0.602.